The van der Waals surface area contributed by atoms with Crippen molar-refractivity contribution in [3.05, 3.63) is 70.5 Å². The van der Waals surface area contributed by atoms with Crippen molar-refractivity contribution < 1.29 is 35.9 Å². The van der Waals surface area contributed by atoms with E-state index >= 15 is 0 Å². The summed E-state index contributed by atoms with van der Waals surface area (Å²) in [4.78, 5) is 23.5. The van der Waals surface area contributed by atoms with E-state index in [9.17, 15) is 26.4 Å². The van der Waals surface area contributed by atoms with Gasteiger partial charge in [0.05, 0.1) is 49.2 Å². The number of aromatic nitrogens is 2. The zero-order valence-corrected chi connectivity index (χ0v) is 27.5. The molecule has 1 amide bonds. The number of nitrogens with zero attached hydrogens (tertiary/aromatic N) is 4. The highest BCUT2D eigenvalue weighted by Gasteiger charge is 2.36. The smallest absolute Gasteiger partial charge is 0.419 e. The average molecular weight is 677 g/mol. The lowest BCUT2D eigenvalue weighted by Crippen LogP contribution is -2.56. The van der Waals surface area contributed by atoms with E-state index in [1.165, 1.54) is 14.2 Å². The van der Waals surface area contributed by atoms with Crippen LogP contribution >= 0.6 is 0 Å². The van der Waals surface area contributed by atoms with Crippen LogP contribution in [0.15, 0.2) is 42.6 Å². The van der Waals surface area contributed by atoms with E-state index in [-0.39, 0.29) is 42.2 Å². The molecule has 1 aliphatic heterocycles. The Morgan fingerprint density at radius 2 is 1.85 bits per heavy atom. The van der Waals surface area contributed by atoms with E-state index in [4.69, 9.17) is 9.47 Å². The topological polar surface area (TPSA) is 126 Å². The third-order valence-electron chi connectivity index (χ3n) is 8.60. The molecule has 15 heteroatoms. The number of methoxy groups -OCH3 is 1. The quantitative estimate of drug-likeness (QED) is 0.305. The van der Waals surface area contributed by atoms with Gasteiger partial charge in [0.2, 0.25) is 16.0 Å². The highest BCUT2D eigenvalue weighted by molar-refractivity contribution is 7.92. The largest absolute Gasteiger partial charge is 0.495 e. The Kier molecular flexibility index (Phi) is 10.3. The van der Waals surface area contributed by atoms with Crippen LogP contribution in [0.5, 0.6) is 5.75 Å². The zero-order chi connectivity index (χ0) is 33.9. The second-order valence-corrected chi connectivity index (χ2v) is 13.9. The van der Waals surface area contributed by atoms with Gasteiger partial charge >= 0.3 is 6.18 Å². The number of carbonyl (C=O) groups is 1. The average Bonchev–Trinajstić information content (AvgIpc) is 3.01. The number of carbonyl (C=O) groups excluding carboxylic acids is 1. The minimum Gasteiger partial charge on any atom is -0.495 e. The number of morpholine rings is 1. The fraction of sp³-hybridized carbons (Fsp3) is 0.469. The van der Waals surface area contributed by atoms with Gasteiger partial charge in [-0.15, -0.1) is 0 Å². The van der Waals surface area contributed by atoms with Gasteiger partial charge in [0.25, 0.3) is 5.91 Å². The lowest BCUT2D eigenvalue weighted by Gasteiger charge is -2.44. The predicted octanol–water partition coefficient (Wildman–Crippen LogP) is 4.33. The second-order valence-electron chi connectivity index (χ2n) is 11.9. The van der Waals surface area contributed by atoms with Crippen LogP contribution in [0.25, 0.3) is 0 Å². The Labute approximate surface area is 272 Å². The molecule has 1 aliphatic carbocycles. The van der Waals surface area contributed by atoms with Crippen LogP contribution in [-0.2, 0) is 33.8 Å². The Morgan fingerprint density at radius 3 is 2.51 bits per heavy atom. The summed E-state index contributed by atoms with van der Waals surface area (Å²) in [7, 11) is -0.777. The van der Waals surface area contributed by atoms with E-state index in [1.54, 1.807) is 43.3 Å². The molecular formula is C32H39F3N6O5S. The van der Waals surface area contributed by atoms with Crippen LogP contribution in [0, 0.1) is 6.92 Å². The molecule has 47 heavy (non-hydrogen) atoms. The van der Waals surface area contributed by atoms with Crippen LogP contribution in [0.1, 0.15) is 45.6 Å². The first-order chi connectivity index (χ1) is 22.2. The highest BCUT2D eigenvalue weighted by Crippen LogP contribution is 2.34. The molecule has 0 spiro atoms. The Morgan fingerprint density at radius 1 is 1.13 bits per heavy atom. The molecule has 0 unspecified atom stereocenters. The Balaban J connectivity index is 1.30. The molecule has 0 bridgehead atoms. The molecule has 0 atom stereocenters. The molecule has 0 radical (unpaired) electrons. The molecule has 2 aromatic carbocycles. The van der Waals surface area contributed by atoms with Gasteiger partial charge in [0.1, 0.15) is 5.75 Å². The summed E-state index contributed by atoms with van der Waals surface area (Å²) >= 11 is 0. The summed E-state index contributed by atoms with van der Waals surface area (Å²) in [6.07, 6.45) is -1.22. The van der Waals surface area contributed by atoms with E-state index in [1.807, 2.05) is 0 Å². The predicted molar refractivity (Wildman–Crippen MR) is 172 cm³/mol. The molecule has 254 valence electrons. The molecule has 11 nitrogen and oxygen atoms in total. The van der Waals surface area contributed by atoms with Crippen LogP contribution in [0.2, 0.25) is 0 Å². The number of aryl methyl sites for hydroxylation is 3. The number of rotatable bonds is 11. The minimum absolute atomic E-state index is 0.0703. The Bertz CT molecular complexity index is 1710. The minimum atomic E-state index is -4.71. The zero-order valence-electron chi connectivity index (χ0n) is 26.7. The summed E-state index contributed by atoms with van der Waals surface area (Å²) in [5.41, 5.74) is 1.25. The standard InChI is InChI=1S/C32H39F3N6O5S/c1-20-5-6-21(28(15-20)40(2)47(4,43)44)7-9-26-25(32(33,34)35)19-36-31(38-26)39-27-10-8-22(16-29(27)45-3)30(42)37-23-17-24(18-23)41-11-13-46-14-12-41/h5-6,8,10,15-16,19,23-24H,7,9,11-14,17-18H2,1-4H3,(H,37,42)(H,36,38,39). The fourth-order valence-electron chi connectivity index (χ4n) is 5.79. The van der Waals surface area contributed by atoms with Crippen molar-refractivity contribution in [1.29, 1.82) is 0 Å². The molecule has 2 heterocycles. The van der Waals surface area contributed by atoms with Crippen LogP contribution in [0.4, 0.5) is 30.5 Å². The normalized spacial score (nSPS) is 18.7. The number of nitrogens with one attached hydrogen (secondary N) is 2. The maximum absolute atomic E-state index is 14.0. The van der Waals surface area contributed by atoms with Gasteiger partial charge < -0.3 is 20.1 Å². The summed E-state index contributed by atoms with van der Waals surface area (Å²) in [5.74, 6) is -0.0505. The summed E-state index contributed by atoms with van der Waals surface area (Å²) in [6, 6.07) is 10.4. The van der Waals surface area contributed by atoms with Crippen molar-refractivity contribution in [2.24, 2.45) is 0 Å². The van der Waals surface area contributed by atoms with E-state index in [0.29, 0.717) is 28.5 Å². The number of amides is 1. The summed E-state index contributed by atoms with van der Waals surface area (Å²) < 4.78 is 78.4. The molecule has 1 saturated heterocycles. The summed E-state index contributed by atoms with van der Waals surface area (Å²) in [6.45, 7) is 5.06. The van der Waals surface area contributed by atoms with Crippen molar-refractivity contribution in [3.63, 3.8) is 0 Å². The third-order valence-corrected chi connectivity index (χ3v) is 9.79. The van der Waals surface area contributed by atoms with E-state index < -0.39 is 21.8 Å². The van der Waals surface area contributed by atoms with Gasteiger partial charge in [-0.2, -0.15) is 13.2 Å². The number of hydrogen-bond donors (Lipinski definition) is 2. The van der Waals surface area contributed by atoms with Crippen LogP contribution in [-0.4, -0.2) is 88.0 Å². The first-order valence-electron chi connectivity index (χ1n) is 15.3. The fourth-order valence-corrected chi connectivity index (χ4v) is 6.31. The number of hydrogen-bond acceptors (Lipinski definition) is 9. The van der Waals surface area contributed by atoms with Gasteiger partial charge in [0, 0.05) is 44.0 Å². The van der Waals surface area contributed by atoms with Crippen LogP contribution < -0.4 is 19.7 Å². The monoisotopic (exact) mass is 676 g/mol. The number of benzene rings is 2. The molecule has 1 saturated carbocycles. The molecule has 2 aliphatic rings. The SMILES string of the molecule is COc1cc(C(=O)NC2CC(N3CCOCC3)C2)ccc1Nc1ncc(C(F)(F)F)c(CCc2ccc(C)cc2N(C)S(C)(=O)=O)n1. The van der Waals surface area contributed by atoms with Gasteiger partial charge in [-0.1, -0.05) is 12.1 Å². The van der Waals surface area contributed by atoms with E-state index in [0.717, 1.165) is 61.5 Å². The lowest BCUT2D eigenvalue weighted by molar-refractivity contribution is -0.138. The molecular weight excluding hydrogens is 637 g/mol. The van der Waals surface area contributed by atoms with Crippen molar-refractivity contribution in [2.75, 3.05) is 56.3 Å². The second kappa shape index (κ2) is 14.0. The highest BCUT2D eigenvalue weighted by atomic mass is 32.2. The molecule has 2 fully saturated rings. The van der Waals surface area contributed by atoms with Crippen molar-refractivity contribution >= 4 is 33.3 Å². The number of sulfonamides is 1. The number of ether oxygens (including phenoxy) is 2. The Hall–Kier alpha value is -3.95. The van der Waals surface area contributed by atoms with Crippen molar-refractivity contribution in [1.82, 2.24) is 20.2 Å². The molecule has 3 aromatic rings. The maximum atomic E-state index is 14.0. The maximum Gasteiger partial charge on any atom is 0.419 e. The van der Waals surface area contributed by atoms with Gasteiger partial charge in [-0.05, 0) is 68.0 Å². The van der Waals surface area contributed by atoms with Gasteiger partial charge in [-0.3, -0.25) is 14.0 Å². The molecule has 1 aromatic heterocycles. The van der Waals surface area contributed by atoms with E-state index in [2.05, 4.69) is 25.5 Å². The molecule has 5 rings (SSSR count). The van der Waals surface area contributed by atoms with Crippen LogP contribution in [0.3, 0.4) is 0 Å². The van der Waals surface area contributed by atoms with Gasteiger partial charge in [0.15, 0.2) is 0 Å². The number of halogens is 3. The first-order valence-corrected chi connectivity index (χ1v) is 17.1. The summed E-state index contributed by atoms with van der Waals surface area (Å²) in [5, 5.41) is 5.98. The third kappa shape index (κ3) is 8.32. The van der Waals surface area contributed by atoms with Crippen molar-refractivity contribution in [3.8, 4) is 5.75 Å². The van der Waals surface area contributed by atoms with Crippen molar-refractivity contribution in [2.45, 2.75) is 50.9 Å². The molecule has 2 N–H and O–H groups in total. The lowest BCUT2D eigenvalue weighted by atomic mass is 9.85. The first kappa shape index (κ1) is 34.4. The number of alkyl halides is 3. The van der Waals surface area contributed by atoms with Gasteiger partial charge in [-0.25, -0.2) is 18.4 Å². The number of anilines is 3.